The Hall–Kier alpha value is -8.11. The van der Waals surface area contributed by atoms with Gasteiger partial charge in [0.05, 0.1) is 16.7 Å². The van der Waals surface area contributed by atoms with Crippen LogP contribution in [0.1, 0.15) is 157 Å². The number of ether oxygens (including phenoxy) is 1. The van der Waals surface area contributed by atoms with E-state index in [2.05, 4.69) is 307 Å². The molecular weight excluding hydrogens is 1280 g/mol. The fourth-order valence-electron chi connectivity index (χ4n) is 13.9. The molecule has 5 nitrogen and oxygen atoms in total. The molecular formula is C84H82N4OPt-2. The molecule has 1 aliphatic carbocycles. The molecule has 0 bridgehead atoms. The Morgan fingerprint density at radius 3 is 1.67 bits per heavy atom. The molecule has 0 atom stereocenters. The van der Waals surface area contributed by atoms with Gasteiger partial charge >= 0.3 is 0 Å². The summed E-state index contributed by atoms with van der Waals surface area (Å²) in [7, 11) is 0. The summed E-state index contributed by atoms with van der Waals surface area (Å²) in [6, 6.07) is 73.5. The molecule has 4 heterocycles. The van der Waals surface area contributed by atoms with Crippen molar-refractivity contribution in [3.63, 3.8) is 0 Å². The van der Waals surface area contributed by atoms with Crippen molar-refractivity contribution in [2.45, 2.75) is 156 Å². The molecule has 0 unspecified atom stereocenters. The van der Waals surface area contributed by atoms with Crippen LogP contribution in [0, 0.1) is 18.5 Å². The van der Waals surface area contributed by atoms with E-state index >= 15 is 0 Å². The van der Waals surface area contributed by atoms with Gasteiger partial charge in [-0.3, -0.25) is 4.57 Å². The summed E-state index contributed by atoms with van der Waals surface area (Å²) in [4.78, 5) is 4.96. The van der Waals surface area contributed by atoms with E-state index in [1.165, 1.54) is 61.2 Å². The number of para-hydroxylation sites is 2. The van der Waals surface area contributed by atoms with Crippen LogP contribution in [0.15, 0.2) is 182 Å². The Morgan fingerprint density at radius 2 is 1.01 bits per heavy atom. The van der Waals surface area contributed by atoms with E-state index in [0.29, 0.717) is 11.5 Å². The van der Waals surface area contributed by atoms with Gasteiger partial charge in [-0.05, 0) is 176 Å². The van der Waals surface area contributed by atoms with Crippen LogP contribution in [0.4, 0.5) is 0 Å². The van der Waals surface area contributed by atoms with Crippen LogP contribution in [0.5, 0.6) is 11.5 Å². The van der Waals surface area contributed by atoms with E-state index in [4.69, 9.17) is 9.72 Å². The van der Waals surface area contributed by atoms with Crippen molar-refractivity contribution in [1.82, 2.24) is 14.1 Å². The summed E-state index contributed by atoms with van der Waals surface area (Å²) in [6.07, 6.45) is 8.30. The molecule has 14 rings (SSSR count). The molecule has 0 radical (unpaired) electrons. The molecule has 456 valence electrons. The maximum atomic E-state index is 6.98. The maximum Gasteiger partial charge on any atom is 0.268 e. The van der Waals surface area contributed by atoms with Gasteiger partial charge < -0.3 is 13.9 Å². The van der Waals surface area contributed by atoms with Gasteiger partial charge in [-0.2, -0.15) is 18.2 Å². The zero-order chi connectivity index (χ0) is 62.5. The van der Waals surface area contributed by atoms with Crippen LogP contribution < -0.4 is 9.30 Å². The van der Waals surface area contributed by atoms with Gasteiger partial charge in [-0.25, -0.2) is 4.98 Å². The fourth-order valence-corrected chi connectivity index (χ4v) is 13.9. The molecule has 9 aromatic carbocycles. The Morgan fingerprint density at radius 1 is 0.444 bits per heavy atom. The summed E-state index contributed by atoms with van der Waals surface area (Å²) in [6.45, 7) is 37.4. The van der Waals surface area contributed by atoms with E-state index in [1.54, 1.807) is 0 Å². The molecule has 0 saturated carbocycles. The third kappa shape index (κ3) is 10.5. The zero-order valence-corrected chi connectivity index (χ0v) is 57.5. The minimum absolute atomic E-state index is 0. The Balaban J connectivity index is 0.00000743. The third-order valence-corrected chi connectivity index (χ3v) is 19.5. The van der Waals surface area contributed by atoms with Crippen molar-refractivity contribution in [2.24, 2.45) is 0 Å². The number of nitrogens with zero attached hydrogens (tertiary/aromatic N) is 4. The van der Waals surface area contributed by atoms with E-state index in [-0.39, 0.29) is 53.6 Å². The summed E-state index contributed by atoms with van der Waals surface area (Å²) >= 11 is 0. The molecule has 1 aliphatic heterocycles. The molecule has 2 aliphatic rings. The topological polar surface area (TPSA) is 35.9 Å². The number of hydrogen-bond donors (Lipinski definition) is 0. The van der Waals surface area contributed by atoms with Gasteiger partial charge in [0, 0.05) is 44.3 Å². The van der Waals surface area contributed by atoms with Crippen LogP contribution in [0.3, 0.4) is 0 Å². The predicted molar refractivity (Wildman–Crippen MR) is 371 cm³/mol. The normalized spacial score (nSPS) is 14.4. The number of hydrogen-bond acceptors (Lipinski definition) is 2. The average Bonchev–Trinajstić information content (AvgIpc) is 1.47. The smallest absolute Gasteiger partial charge is 0.268 e. The van der Waals surface area contributed by atoms with Crippen LogP contribution in [0.25, 0.3) is 106 Å². The molecule has 0 saturated heterocycles. The third-order valence-electron chi connectivity index (χ3n) is 19.5. The summed E-state index contributed by atoms with van der Waals surface area (Å²) in [5.41, 5.74) is 25.3. The van der Waals surface area contributed by atoms with Gasteiger partial charge in [0.2, 0.25) is 0 Å². The second-order valence-corrected chi connectivity index (χ2v) is 30.8. The summed E-state index contributed by atoms with van der Waals surface area (Å²) < 4.78 is 13.8. The Labute approximate surface area is 548 Å². The minimum atomic E-state index is -0.0934. The minimum Gasteiger partial charge on any atom is -0.510 e. The molecule has 90 heavy (non-hydrogen) atoms. The molecule has 12 aromatic rings. The van der Waals surface area contributed by atoms with Gasteiger partial charge in [0.15, 0.2) is 0 Å². The van der Waals surface area contributed by atoms with Gasteiger partial charge in [0.1, 0.15) is 5.82 Å². The van der Waals surface area contributed by atoms with E-state index in [1.807, 2.05) is 18.3 Å². The van der Waals surface area contributed by atoms with Crippen LogP contribution in [-0.2, 0) is 53.6 Å². The van der Waals surface area contributed by atoms with E-state index < -0.39 is 0 Å². The summed E-state index contributed by atoms with van der Waals surface area (Å²) in [5, 5.41) is 2.21. The largest absolute Gasteiger partial charge is 0.510 e. The molecule has 3 aromatic heterocycles. The number of pyridine rings is 1. The molecule has 0 N–H and O–H groups in total. The standard InChI is InChI=1S/C84H82N4O.Pt/c1-79(2,3)55-33-31-52(32-34-55)62-28-22-29-67-69-50-72-71(83(13,14)38-39-84(72,15)16)49-68(69)63-25-17-18-26-64(63)70-43-54(53-41-57(81(7,8)9)45-58(42-53)82(10,11)12)44-75-78(70)87(77(62)67)51-86(75)59-23-21-24-60(47-59)89-61-35-36-66-65-27-19-20-30-73(65)88(74(66)48-61)76-46-56(37-40-85-76)80(4,5)6;/h17-37,40-46,49-50H,38-39H2,1-16H3;/q-2;. The van der Waals surface area contributed by atoms with Crippen molar-refractivity contribution >= 4 is 32.8 Å². The second kappa shape index (κ2) is 21.5. The molecule has 0 amide bonds. The first kappa shape index (κ1) is 60.8. The van der Waals surface area contributed by atoms with E-state index in [0.717, 1.165) is 90.7 Å². The van der Waals surface area contributed by atoms with Crippen LogP contribution in [0.2, 0.25) is 0 Å². The number of rotatable bonds is 6. The fraction of sp³-hybridized carbons (Fsp3) is 0.286. The van der Waals surface area contributed by atoms with Crippen molar-refractivity contribution in [2.75, 3.05) is 0 Å². The first-order chi connectivity index (χ1) is 42.1. The molecule has 0 spiro atoms. The number of fused-ring (bicyclic) bond motifs is 11. The quantitative estimate of drug-likeness (QED) is 0.123. The number of imidazole rings is 1. The van der Waals surface area contributed by atoms with Crippen molar-refractivity contribution in [1.29, 1.82) is 0 Å². The van der Waals surface area contributed by atoms with Crippen molar-refractivity contribution in [3.8, 4) is 84.3 Å². The van der Waals surface area contributed by atoms with Gasteiger partial charge in [-0.1, -0.05) is 232 Å². The first-order valence-corrected chi connectivity index (χ1v) is 32.0. The van der Waals surface area contributed by atoms with Crippen molar-refractivity contribution < 1.29 is 30.4 Å². The SMILES string of the molecule is CC(C)(C)c1ccc(-c2cccc3c2-[n+]2[c-]n(-c4[c-]c(Oc5[c-]c6c(cc5)c5ccccc5n6-c5cc(C(C)(C)C)ccn5)ccc4)c4cc(-c5cc(C(C)(C)C)cc(C(C)(C)C)c5)cc(c42)-c2ccccc2-c2cc4c(cc2-3)C(C)(C)CCC4(C)C)cc1.[Pt]. The van der Waals surface area contributed by atoms with Crippen LogP contribution in [-0.4, -0.2) is 14.1 Å². The van der Waals surface area contributed by atoms with E-state index in [9.17, 15) is 0 Å². The van der Waals surface area contributed by atoms with Crippen LogP contribution >= 0.6 is 0 Å². The molecule has 0 fully saturated rings. The summed E-state index contributed by atoms with van der Waals surface area (Å²) in [5.74, 6) is 1.99. The Kier molecular flexibility index (Phi) is 14.5. The van der Waals surface area contributed by atoms with Gasteiger partial charge in [-0.15, -0.1) is 29.7 Å². The van der Waals surface area contributed by atoms with Crippen molar-refractivity contribution in [3.05, 3.63) is 234 Å². The number of benzene rings is 9. The number of aromatic nitrogens is 4. The average molecular weight is 1360 g/mol. The Bertz CT molecular complexity index is 4810. The maximum absolute atomic E-state index is 6.98. The predicted octanol–water partition coefficient (Wildman–Crippen LogP) is 21.8. The molecule has 6 heteroatoms. The van der Waals surface area contributed by atoms with Gasteiger partial charge in [0.25, 0.3) is 6.33 Å². The first-order valence-electron chi connectivity index (χ1n) is 32.0. The second-order valence-electron chi connectivity index (χ2n) is 30.8. The zero-order valence-electron chi connectivity index (χ0n) is 55.2. The monoisotopic (exact) mass is 1360 g/mol.